The van der Waals surface area contributed by atoms with E-state index in [-0.39, 0.29) is 0 Å². The lowest BCUT2D eigenvalue weighted by Crippen LogP contribution is -2.32. The summed E-state index contributed by atoms with van der Waals surface area (Å²) in [6.07, 6.45) is 4.25. The molecule has 0 aliphatic carbocycles. The zero-order valence-corrected chi connectivity index (χ0v) is 16.7. The number of aromatic nitrogens is 2. The molecule has 7 heteroatoms. The molecule has 1 aliphatic rings. The number of hydrogen-bond donors (Lipinski definition) is 3. The second-order valence-electron chi connectivity index (χ2n) is 7.21. The minimum absolute atomic E-state index is 0.502. The molecule has 1 aromatic heterocycles. The Hall–Kier alpha value is -2.85. The zero-order chi connectivity index (χ0) is 19.9. The van der Waals surface area contributed by atoms with Gasteiger partial charge in [-0.05, 0) is 44.0 Å². The minimum Gasteiger partial charge on any atom is -0.399 e. The van der Waals surface area contributed by atoms with Crippen LogP contribution in [0.1, 0.15) is 44.4 Å². The van der Waals surface area contributed by atoms with Gasteiger partial charge in [0.1, 0.15) is 5.82 Å². The molecule has 0 amide bonds. The largest absolute Gasteiger partial charge is 0.399 e. The van der Waals surface area contributed by atoms with Gasteiger partial charge in [0.25, 0.3) is 0 Å². The van der Waals surface area contributed by atoms with Gasteiger partial charge >= 0.3 is 0 Å². The minimum atomic E-state index is 0.502. The molecule has 1 saturated heterocycles. The van der Waals surface area contributed by atoms with Crippen LogP contribution in [0.3, 0.4) is 0 Å². The first-order valence-corrected chi connectivity index (χ1v) is 10.0. The van der Waals surface area contributed by atoms with Crippen LogP contribution in [0.5, 0.6) is 0 Å². The van der Waals surface area contributed by atoms with Crippen LogP contribution in [-0.4, -0.2) is 35.6 Å². The fourth-order valence-corrected chi connectivity index (χ4v) is 3.53. The van der Waals surface area contributed by atoms with Gasteiger partial charge in [-0.25, -0.2) is 4.98 Å². The van der Waals surface area contributed by atoms with E-state index >= 15 is 0 Å². The average molecular weight is 380 g/mol. The summed E-state index contributed by atoms with van der Waals surface area (Å²) in [4.78, 5) is 11.8. The fourth-order valence-electron chi connectivity index (χ4n) is 3.53. The van der Waals surface area contributed by atoms with Crippen LogP contribution in [0, 0.1) is 11.3 Å². The maximum absolute atomic E-state index is 9.17. The number of unbranched alkanes of at least 4 members (excludes halogenated alkanes) is 1. The van der Waals surface area contributed by atoms with Crippen LogP contribution in [0.4, 0.5) is 23.1 Å². The lowest BCUT2D eigenvalue weighted by Gasteiger charge is -2.20. The smallest absolute Gasteiger partial charge is 0.229 e. The Morgan fingerprint density at radius 2 is 2.11 bits per heavy atom. The first-order valence-electron chi connectivity index (χ1n) is 10.0. The second kappa shape index (κ2) is 9.38. The van der Waals surface area contributed by atoms with E-state index in [1.165, 1.54) is 0 Å². The molecule has 7 nitrogen and oxygen atoms in total. The van der Waals surface area contributed by atoms with Crippen molar-refractivity contribution in [3.05, 3.63) is 35.5 Å². The molecular formula is C21H29N7. The Labute approximate surface area is 167 Å². The molecule has 0 bridgehead atoms. The van der Waals surface area contributed by atoms with E-state index in [4.69, 9.17) is 10.7 Å². The summed E-state index contributed by atoms with van der Waals surface area (Å²) in [7, 11) is 0. The molecule has 0 saturated carbocycles. The van der Waals surface area contributed by atoms with Gasteiger partial charge in [0.15, 0.2) is 0 Å². The number of anilines is 4. The highest BCUT2D eigenvalue weighted by molar-refractivity contribution is 5.64. The zero-order valence-electron chi connectivity index (χ0n) is 16.7. The Balaban J connectivity index is 1.86. The van der Waals surface area contributed by atoms with Gasteiger partial charge in [0.05, 0.1) is 11.6 Å². The Kier molecular flexibility index (Phi) is 6.66. The summed E-state index contributed by atoms with van der Waals surface area (Å²) in [5.41, 5.74) is 8.72. The van der Waals surface area contributed by atoms with Crippen LogP contribution in [0.15, 0.2) is 24.3 Å². The van der Waals surface area contributed by atoms with E-state index in [0.717, 1.165) is 62.5 Å². The molecule has 148 valence electrons. The summed E-state index contributed by atoms with van der Waals surface area (Å²) in [6.45, 7) is 7.23. The van der Waals surface area contributed by atoms with Gasteiger partial charge in [-0.2, -0.15) is 10.2 Å². The number of likely N-dealkylation sites (N-methyl/N-ethyl adjacent to an activating group) is 1. The van der Waals surface area contributed by atoms with Crippen molar-refractivity contribution < 1.29 is 0 Å². The topological polar surface area (TPSA) is 103 Å². The van der Waals surface area contributed by atoms with Crippen molar-refractivity contribution >= 4 is 23.1 Å². The average Bonchev–Trinajstić information content (AvgIpc) is 3.15. The molecule has 1 atom stereocenters. The van der Waals surface area contributed by atoms with Crippen molar-refractivity contribution in [3.8, 4) is 6.07 Å². The summed E-state index contributed by atoms with van der Waals surface area (Å²) in [5, 5.41) is 15.9. The van der Waals surface area contributed by atoms with Crippen molar-refractivity contribution in [2.45, 2.75) is 45.6 Å². The van der Waals surface area contributed by atoms with E-state index in [2.05, 4.69) is 46.5 Å². The van der Waals surface area contributed by atoms with Gasteiger partial charge in [-0.15, -0.1) is 0 Å². The van der Waals surface area contributed by atoms with Crippen molar-refractivity contribution in [2.75, 3.05) is 35.6 Å². The third-order valence-corrected chi connectivity index (χ3v) is 4.90. The summed E-state index contributed by atoms with van der Waals surface area (Å²) in [6, 6.07) is 9.94. The molecule has 28 heavy (non-hydrogen) atoms. The van der Waals surface area contributed by atoms with Crippen molar-refractivity contribution in [1.29, 1.82) is 5.26 Å². The van der Waals surface area contributed by atoms with Crippen LogP contribution >= 0.6 is 0 Å². The van der Waals surface area contributed by atoms with E-state index in [1.54, 1.807) is 18.2 Å². The SMILES string of the molecule is CCCCc1cc(N2CCC(NCC)C2)nc(Nc2cc(N)cc(C#N)c2)n1. The molecule has 0 radical (unpaired) electrons. The molecule has 4 N–H and O–H groups in total. The Morgan fingerprint density at radius 1 is 1.25 bits per heavy atom. The highest BCUT2D eigenvalue weighted by Crippen LogP contribution is 2.24. The van der Waals surface area contributed by atoms with E-state index in [9.17, 15) is 5.26 Å². The molecule has 3 rings (SSSR count). The first-order chi connectivity index (χ1) is 13.6. The first kappa shape index (κ1) is 19.9. The molecule has 0 spiro atoms. The number of benzene rings is 1. The van der Waals surface area contributed by atoms with Gasteiger partial charge in [0, 0.05) is 42.3 Å². The number of nitrogens with two attached hydrogens (primary N) is 1. The van der Waals surface area contributed by atoms with Crippen molar-refractivity contribution in [1.82, 2.24) is 15.3 Å². The molecule has 1 unspecified atom stereocenters. The predicted molar refractivity (Wildman–Crippen MR) is 114 cm³/mol. The van der Waals surface area contributed by atoms with Crippen molar-refractivity contribution in [2.24, 2.45) is 0 Å². The number of rotatable bonds is 8. The highest BCUT2D eigenvalue weighted by atomic mass is 15.3. The monoisotopic (exact) mass is 379 g/mol. The van der Waals surface area contributed by atoms with Gasteiger partial charge < -0.3 is 21.3 Å². The Bertz CT molecular complexity index is 843. The summed E-state index contributed by atoms with van der Waals surface area (Å²) < 4.78 is 0. The lowest BCUT2D eigenvalue weighted by atomic mass is 10.2. The van der Waals surface area contributed by atoms with E-state index in [0.29, 0.717) is 23.2 Å². The molecular weight excluding hydrogens is 350 g/mol. The summed E-state index contributed by atoms with van der Waals surface area (Å²) >= 11 is 0. The van der Waals surface area contributed by atoms with E-state index in [1.807, 2.05) is 0 Å². The maximum atomic E-state index is 9.17. The second-order valence-corrected chi connectivity index (χ2v) is 7.21. The molecule has 1 aromatic carbocycles. The number of nitrogens with one attached hydrogen (secondary N) is 2. The lowest BCUT2D eigenvalue weighted by molar-refractivity contribution is 0.571. The van der Waals surface area contributed by atoms with Gasteiger partial charge in [-0.1, -0.05) is 20.3 Å². The maximum Gasteiger partial charge on any atom is 0.229 e. The highest BCUT2D eigenvalue weighted by Gasteiger charge is 2.23. The predicted octanol–water partition coefficient (Wildman–Crippen LogP) is 3.20. The van der Waals surface area contributed by atoms with Gasteiger partial charge in [-0.3, -0.25) is 0 Å². The molecule has 2 aromatic rings. The number of hydrogen-bond acceptors (Lipinski definition) is 7. The third-order valence-electron chi connectivity index (χ3n) is 4.90. The van der Waals surface area contributed by atoms with Gasteiger partial charge in [0.2, 0.25) is 5.95 Å². The standard InChI is InChI=1S/C21H29N7/c1-3-5-6-17-12-20(28-8-7-18(14-28)24-4-2)27-21(25-17)26-19-10-15(13-22)9-16(23)11-19/h9-12,18,24H,3-8,14,23H2,1-2H3,(H,25,26,27). The Morgan fingerprint density at radius 3 is 2.86 bits per heavy atom. The quantitative estimate of drug-likeness (QED) is 0.605. The fraction of sp³-hybridized carbons (Fsp3) is 0.476. The number of nitrogen functional groups attached to an aromatic ring is 1. The van der Waals surface area contributed by atoms with E-state index < -0.39 is 0 Å². The number of nitrogens with zero attached hydrogens (tertiary/aromatic N) is 4. The van der Waals surface area contributed by atoms with Crippen LogP contribution in [0.25, 0.3) is 0 Å². The van der Waals surface area contributed by atoms with Crippen LogP contribution < -0.4 is 21.3 Å². The molecule has 1 aliphatic heterocycles. The summed E-state index contributed by atoms with van der Waals surface area (Å²) in [5.74, 6) is 1.50. The third kappa shape index (κ3) is 5.11. The normalized spacial score (nSPS) is 16.2. The number of aryl methyl sites for hydroxylation is 1. The van der Waals surface area contributed by atoms with Crippen LogP contribution in [0.2, 0.25) is 0 Å². The van der Waals surface area contributed by atoms with Crippen molar-refractivity contribution in [3.63, 3.8) is 0 Å². The molecule has 1 fully saturated rings. The molecule has 2 heterocycles. The number of nitriles is 1. The van der Waals surface area contributed by atoms with Crippen LogP contribution in [-0.2, 0) is 6.42 Å².